The fourth-order valence-electron chi connectivity index (χ4n) is 1.13. The summed E-state index contributed by atoms with van der Waals surface area (Å²) in [5.41, 5.74) is 0. The number of carbonyl (C=O) groups is 1. The van der Waals surface area contributed by atoms with Gasteiger partial charge in [-0.25, -0.2) is 4.79 Å². The number of hydrogen-bond acceptors (Lipinski definition) is 5. The van der Waals surface area contributed by atoms with Gasteiger partial charge >= 0.3 is 5.97 Å². The van der Waals surface area contributed by atoms with Crippen molar-refractivity contribution in [2.75, 3.05) is 10.2 Å². The summed E-state index contributed by atoms with van der Waals surface area (Å²) in [4.78, 5) is 11.8. The van der Waals surface area contributed by atoms with E-state index < -0.39 is 0 Å². The standard InChI is InChI=1S/C10H9ClO2S3/c11-7-2-1-3-8(4-7)13-9(12)10-15-5-14-6-16-10/h1-4,10H,5-6H2. The van der Waals surface area contributed by atoms with Crippen molar-refractivity contribution >= 4 is 52.9 Å². The molecule has 0 spiro atoms. The summed E-state index contributed by atoms with van der Waals surface area (Å²) in [5, 5.41) is 2.47. The number of benzene rings is 1. The van der Waals surface area contributed by atoms with Crippen LogP contribution in [0, 0.1) is 0 Å². The Morgan fingerprint density at radius 3 is 2.81 bits per heavy atom. The Kier molecular flexibility index (Phi) is 4.76. The SMILES string of the molecule is O=C(Oc1cccc(Cl)c1)C1SCSCS1. The predicted octanol–water partition coefficient (Wildman–Crippen LogP) is 3.70. The van der Waals surface area contributed by atoms with Crippen molar-refractivity contribution in [1.29, 1.82) is 0 Å². The zero-order valence-electron chi connectivity index (χ0n) is 8.22. The molecule has 1 aliphatic heterocycles. The molecule has 1 aromatic carbocycles. The molecule has 6 heteroatoms. The number of rotatable bonds is 2. The second kappa shape index (κ2) is 6.10. The van der Waals surface area contributed by atoms with E-state index in [2.05, 4.69) is 0 Å². The first-order valence-corrected chi connectivity index (χ1v) is 8.17. The number of carbonyl (C=O) groups excluding carboxylic acids is 1. The summed E-state index contributed by atoms with van der Waals surface area (Å²) in [6.45, 7) is 0. The Hall–Kier alpha value is 0.0300. The van der Waals surface area contributed by atoms with Crippen molar-refractivity contribution in [2.24, 2.45) is 0 Å². The Bertz CT molecular complexity index is 380. The Balaban J connectivity index is 1.96. The lowest BCUT2D eigenvalue weighted by Gasteiger charge is -2.18. The molecular weight excluding hydrogens is 284 g/mol. The summed E-state index contributed by atoms with van der Waals surface area (Å²) >= 11 is 10.9. The van der Waals surface area contributed by atoms with Gasteiger partial charge in [-0.3, -0.25) is 0 Å². The van der Waals surface area contributed by atoms with E-state index in [4.69, 9.17) is 16.3 Å². The fourth-order valence-corrected chi connectivity index (χ4v) is 5.71. The van der Waals surface area contributed by atoms with E-state index in [1.165, 1.54) is 0 Å². The van der Waals surface area contributed by atoms with Crippen LogP contribution in [-0.2, 0) is 4.79 Å². The van der Waals surface area contributed by atoms with Crippen molar-refractivity contribution in [3.05, 3.63) is 29.3 Å². The molecule has 0 bridgehead atoms. The van der Waals surface area contributed by atoms with Gasteiger partial charge in [-0.2, -0.15) is 0 Å². The van der Waals surface area contributed by atoms with Crippen LogP contribution in [0.1, 0.15) is 0 Å². The van der Waals surface area contributed by atoms with Crippen molar-refractivity contribution in [3.8, 4) is 5.75 Å². The summed E-state index contributed by atoms with van der Waals surface area (Å²) in [7, 11) is 0. The highest BCUT2D eigenvalue weighted by atomic mass is 35.5. The minimum Gasteiger partial charge on any atom is -0.425 e. The monoisotopic (exact) mass is 292 g/mol. The van der Waals surface area contributed by atoms with Gasteiger partial charge in [0.25, 0.3) is 0 Å². The number of ether oxygens (including phenoxy) is 1. The topological polar surface area (TPSA) is 26.3 Å². The third kappa shape index (κ3) is 3.52. The summed E-state index contributed by atoms with van der Waals surface area (Å²) in [6.07, 6.45) is 0. The second-order valence-electron chi connectivity index (χ2n) is 2.98. The van der Waals surface area contributed by atoms with Gasteiger partial charge in [0.05, 0.1) is 0 Å². The molecular formula is C10H9ClO2S3. The largest absolute Gasteiger partial charge is 0.425 e. The van der Waals surface area contributed by atoms with Crippen LogP contribution in [0.5, 0.6) is 5.75 Å². The summed E-state index contributed by atoms with van der Waals surface area (Å²) in [5.74, 6) is 0.314. The summed E-state index contributed by atoms with van der Waals surface area (Å²) in [6, 6.07) is 6.89. The highest BCUT2D eigenvalue weighted by Gasteiger charge is 2.24. The van der Waals surface area contributed by atoms with Gasteiger partial charge in [0, 0.05) is 15.2 Å². The highest BCUT2D eigenvalue weighted by molar-refractivity contribution is 8.33. The molecule has 0 amide bonds. The molecule has 2 rings (SSSR count). The summed E-state index contributed by atoms with van der Waals surface area (Å²) < 4.78 is 5.15. The molecule has 0 saturated carbocycles. The average Bonchev–Trinajstić information content (AvgIpc) is 2.30. The van der Waals surface area contributed by atoms with E-state index in [-0.39, 0.29) is 10.6 Å². The maximum atomic E-state index is 11.8. The Morgan fingerprint density at radius 1 is 1.38 bits per heavy atom. The fraction of sp³-hybridized carbons (Fsp3) is 0.300. The van der Waals surface area contributed by atoms with Crippen LogP contribution in [0.2, 0.25) is 5.02 Å². The van der Waals surface area contributed by atoms with Crippen molar-refractivity contribution in [1.82, 2.24) is 0 Å². The van der Waals surface area contributed by atoms with Gasteiger partial charge in [0.1, 0.15) is 10.3 Å². The third-order valence-electron chi connectivity index (χ3n) is 1.81. The van der Waals surface area contributed by atoms with Crippen LogP contribution in [0.15, 0.2) is 24.3 Å². The van der Waals surface area contributed by atoms with Crippen molar-refractivity contribution in [3.63, 3.8) is 0 Å². The first-order chi connectivity index (χ1) is 7.75. The average molecular weight is 293 g/mol. The minimum absolute atomic E-state index is 0.111. The first kappa shape index (κ1) is 12.5. The lowest BCUT2D eigenvalue weighted by Crippen LogP contribution is -2.22. The second-order valence-corrected chi connectivity index (χ2v) is 7.62. The molecule has 1 heterocycles. The van der Waals surface area contributed by atoms with Crippen LogP contribution in [0.25, 0.3) is 0 Å². The van der Waals surface area contributed by atoms with E-state index in [1.54, 1.807) is 47.8 Å². The molecule has 0 atom stereocenters. The molecule has 0 aromatic heterocycles. The van der Waals surface area contributed by atoms with E-state index in [0.717, 1.165) is 10.2 Å². The first-order valence-electron chi connectivity index (χ1n) is 4.54. The molecule has 1 saturated heterocycles. The van der Waals surface area contributed by atoms with Gasteiger partial charge in [-0.15, -0.1) is 35.3 Å². The smallest absolute Gasteiger partial charge is 0.334 e. The van der Waals surface area contributed by atoms with Crippen molar-refractivity contribution < 1.29 is 9.53 Å². The van der Waals surface area contributed by atoms with Crippen LogP contribution in [0.4, 0.5) is 0 Å². The van der Waals surface area contributed by atoms with Gasteiger partial charge in [0.2, 0.25) is 0 Å². The number of thioether (sulfide) groups is 3. The molecule has 16 heavy (non-hydrogen) atoms. The zero-order valence-corrected chi connectivity index (χ0v) is 11.4. The van der Waals surface area contributed by atoms with Gasteiger partial charge in [-0.05, 0) is 18.2 Å². The maximum Gasteiger partial charge on any atom is 0.334 e. The van der Waals surface area contributed by atoms with Crippen molar-refractivity contribution in [2.45, 2.75) is 4.58 Å². The lowest BCUT2D eigenvalue weighted by atomic mass is 10.3. The molecule has 1 aliphatic rings. The molecule has 1 aromatic rings. The van der Waals surface area contributed by atoms with Crippen LogP contribution in [0.3, 0.4) is 0 Å². The Morgan fingerprint density at radius 2 is 2.12 bits per heavy atom. The predicted molar refractivity (Wildman–Crippen MR) is 73.4 cm³/mol. The molecule has 86 valence electrons. The quantitative estimate of drug-likeness (QED) is 0.612. The van der Waals surface area contributed by atoms with E-state index in [0.29, 0.717) is 10.8 Å². The van der Waals surface area contributed by atoms with E-state index >= 15 is 0 Å². The Labute approximate surface area is 112 Å². The normalized spacial score (nSPS) is 17.1. The van der Waals surface area contributed by atoms with Crippen LogP contribution in [-0.4, -0.2) is 20.7 Å². The molecule has 0 unspecified atom stereocenters. The number of esters is 1. The highest BCUT2D eigenvalue weighted by Crippen LogP contribution is 2.36. The molecule has 2 nitrogen and oxygen atoms in total. The van der Waals surface area contributed by atoms with E-state index in [9.17, 15) is 4.79 Å². The molecule has 0 radical (unpaired) electrons. The number of hydrogen-bond donors (Lipinski definition) is 0. The maximum absolute atomic E-state index is 11.8. The van der Waals surface area contributed by atoms with Gasteiger partial charge < -0.3 is 4.74 Å². The number of halogens is 1. The zero-order chi connectivity index (χ0) is 11.4. The molecule has 1 fully saturated rings. The third-order valence-corrected chi connectivity index (χ3v) is 6.28. The van der Waals surface area contributed by atoms with E-state index in [1.807, 2.05) is 11.8 Å². The van der Waals surface area contributed by atoms with Gasteiger partial charge in [0.15, 0.2) is 0 Å². The lowest BCUT2D eigenvalue weighted by molar-refractivity contribution is -0.132. The van der Waals surface area contributed by atoms with Crippen LogP contribution >= 0.6 is 46.9 Å². The molecule has 0 aliphatic carbocycles. The minimum atomic E-state index is -0.197. The van der Waals surface area contributed by atoms with Gasteiger partial charge in [-0.1, -0.05) is 17.7 Å². The molecule has 0 N–H and O–H groups in total. The van der Waals surface area contributed by atoms with Crippen LogP contribution < -0.4 is 4.74 Å².